The van der Waals surface area contributed by atoms with E-state index in [2.05, 4.69) is 41.0 Å². The van der Waals surface area contributed by atoms with Crippen molar-refractivity contribution in [3.63, 3.8) is 0 Å². The third-order valence-corrected chi connectivity index (χ3v) is 2.78. The fourth-order valence-electron chi connectivity index (χ4n) is 1.97. The summed E-state index contributed by atoms with van der Waals surface area (Å²) in [7, 11) is 1.95. The minimum atomic E-state index is 0.568. The summed E-state index contributed by atoms with van der Waals surface area (Å²) < 4.78 is 1.93. The molecule has 2 aromatic rings. The van der Waals surface area contributed by atoms with Gasteiger partial charge in [-0.3, -0.25) is 0 Å². The van der Waals surface area contributed by atoms with Crippen LogP contribution in [0, 0.1) is 5.92 Å². The molecule has 5 heteroatoms. The van der Waals surface area contributed by atoms with E-state index in [1.54, 1.807) is 6.20 Å². The van der Waals surface area contributed by atoms with E-state index in [0.717, 1.165) is 30.3 Å². The highest BCUT2D eigenvalue weighted by atomic mass is 15.1. The van der Waals surface area contributed by atoms with E-state index in [1.165, 1.54) is 0 Å². The van der Waals surface area contributed by atoms with Crippen LogP contribution in [0.4, 0.5) is 5.82 Å². The largest absolute Gasteiger partial charge is 0.370 e. The second kappa shape index (κ2) is 5.82. The van der Waals surface area contributed by atoms with Gasteiger partial charge in [0.25, 0.3) is 0 Å². The molecule has 2 rings (SSSR count). The molecule has 2 aromatic heterocycles. The summed E-state index contributed by atoms with van der Waals surface area (Å²) in [5.41, 5.74) is 1.05. The van der Waals surface area contributed by atoms with Gasteiger partial charge >= 0.3 is 0 Å². The van der Waals surface area contributed by atoms with Gasteiger partial charge in [0, 0.05) is 37.7 Å². The Labute approximate surface area is 114 Å². The molecule has 0 unspecified atom stereocenters. The molecule has 19 heavy (non-hydrogen) atoms. The van der Waals surface area contributed by atoms with Crippen LogP contribution in [0.25, 0.3) is 11.6 Å². The van der Waals surface area contributed by atoms with Gasteiger partial charge in [-0.25, -0.2) is 15.0 Å². The van der Waals surface area contributed by atoms with Crippen molar-refractivity contribution in [1.29, 1.82) is 0 Å². The number of nitrogens with zero attached hydrogens (tertiary/aromatic N) is 4. The van der Waals surface area contributed by atoms with Crippen LogP contribution in [0.1, 0.15) is 26.5 Å². The van der Waals surface area contributed by atoms with Crippen molar-refractivity contribution in [1.82, 2.24) is 19.5 Å². The van der Waals surface area contributed by atoms with Gasteiger partial charge in [0.1, 0.15) is 5.82 Å². The molecule has 0 spiro atoms. The second-order valence-corrected chi connectivity index (χ2v) is 5.06. The zero-order valence-electron chi connectivity index (χ0n) is 12.0. The molecule has 0 fully saturated rings. The molecule has 0 aromatic carbocycles. The van der Waals surface area contributed by atoms with Crippen molar-refractivity contribution >= 4 is 5.82 Å². The zero-order chi connectivity index (χ0) is 13.8. The molecule has 102 valence electrons. The number of hydrogen-bond donors (Lipinski definition) is 1. The molecule has 0 bridgehead atoms. The molecule has 0 aliphatic carbocycles. The first-order chi connectivity index (χ1) is 9.10. The first-order valence-corrected chi connectivity index (χ1v) is 6.69. The topological polar surface area (TPSA) is 55.6 Å². The van der Waals surface area contributed by atoms with Gasteiger partial charge < -0.3 is 9.88 Å². The van der Waals surface area contributed by atoms with Crippen molar-refractivity contribution in [3.8, 4) is 11.6 Å². The predicted molar refractivity (Wildman–Crippen MR) is 76.9 cm³/mol. The molecule has 1 N–H and O–H groups in total. The number of aryl methyl sites for hydroxylation is 1. The van der Waals surface area contributed by atoms with Crippen LogP contribution in [0.2, 0.25) is 0 Å². The molecule has 0 amide bonds. The van der Waals surface area contributed by atoms with Gasteiger partial charge in [-0.2, -0.15) is 0 Å². The molecule has 5 nitrogen and oxygen atoms in total. The average molecular weight is 259 g/mol. The van der Waals surface area contributed by atoms with E-state index in [9.17, 15) is 0 Å². The zero-order valence-corrected chi connectivity index (χ0v) is 12.0. The van der Waals surface area contributed by atoms with Gasteiger partial charge in [-0.1, -0.05) is 13.8 Å². The molecule has 0 saturated heterocycles. The monoisotopic (exact) mass is 259 g/mol. The van der Waals surface area contributed by atoms with Crippen LogP contribution in [0.5, 0.6) is 0 Å². The number of anilines is 1. The lowest BCUT2D eigenvalue weighted by atomic mass is 10.1. The summed E-state index contributed by atoms with van der Waals surface area (Å²) in [5.74, 6) is 2.91. The van der Waals surface area contributed by atoms with Crippen molar-refractivity contribution in [2.24, 2.45) is 13.0 Å². The molecule has 2 heterocycles. The van der Waals surface area contributed by atoms with Crippen molar-refractivity contribution in [2.75, 3.05) is 11.9 Å². The van der Waals surface area contributed by atoms with E-state index in [4.69, 9.17) is 0 Å². The maximum Gasteiger partial charge on any atom is 0.198 e. The normalized spacial score (nSPS) is 11.0. The van der Waals surface area contributed by atoms with E-state index < -0.39 is 0 Å². The fourth-order valence-corrected chi connectivity index (χ4v) is 1.97. The second-order valence-electron chi connectivity index (χ2n) is 5.06. The molecule has 0 atom stereocenters. The Kier molecular flexibility index (Phi) is 4.14. The fraction of sp³-hybridized carbons (Fsp3) is 0.500. The molecular formula is C14H21N5. The molecule has 0 saturated carbocycles. The number of rotatable bonds is 5. The Bertz CT molecular complexity index is 545. The quantitative estimate of drug-likeness (QED) is 0.896. The van der Waals surface area contributed by atoms with Crippen LogP contribution in [0.3, 0.4) is 0 Å². The third-order valence-electron chi connectivity index (χ3n) is 2.78. The Hall–Kier alpha value is -1.91. The van der Waals surface area contributed by atoms with Gasteiger partial charge in [-0.05, 0) is 19.3 Å². The number of imidazole rings is 1. The van der Waals surface area contributed by atoms with Crippen LogP contribution in [-0.2, 0) is 13.5 Å². The van der Waals surface area contributed by atoms with E-state index in [0.29, 0.717) is 11.7 Å². The highest BCUT2D eigenvalue weighted by Gasteiger charge is 2.11. The molecule has 0 radical (unpaired) electrons. The Morgan fingerprint density at radius 3 is 2.68 bits per heavy atom. The summed E-state index contributed by atoms with van der Waals surface area (Å²) in [6, 6.07) is 2.02. The van der Waals surface area contributed by atoms with Crippen LogP contribution >= 0.6 is 0 Å². The smallest absolute Gasteiger partial charge is 0.198 e. The highest BCUT2D eigenvalue weighted by molar-refractivity contribution is 5.50. The van der Waals surface area contributed by atoms with E-state index in [1.807, 2.05) is 23.9 Å². The lowest BCUT2D eigenvalue weighted by Gasteiger charge is -2.10. The summed E-state index contributed by atoms with van der Waals surface area (Å²) in [6.07, 6.45) is 4.61. The summed E-state index contributed by atoms with van der Waals surface area (Å²) in [4.78, 5) is 13.5. The summed E-state index contributed by atoms with van der Waals surface area (Å²) in [5, 5.41) is 3.25. The van der Waals surface area contributed by atoms with Crippen molar-refractivity contribution < 1.29 is 0 Å². The van der Waals surface area contributed by atoms with Gasteiger partial charge in [0.15, 0.2) is 11.6 Å². The number of hydrogen-bond acceptors (Lipinski definition) is 4. The summed E-state index contributed by atoms with van der Waals surface area (Å²) >= 11 is 0. The average Bonchev–Trinajstić information content (AvgIpc) is 2.74. The Balaban J connectivity index is 2.42. The lowest BCUT2D eigenvalue weighted by molar-refractivity contribution is 0.634. The van der Waals surface area contributed by atoms with Crippen LogP contribution in [0.15, 0.2) is 18.5 Å². The Morgan fingerprint density at radius 1 is 1.32 bits per heavy atom. The number of aromatic nitrogens is 4. The predicted octanol–water partition coefficient (Wildman–Crippen LogP) is 2.51. The third kappa shape index (κ3) is 3.30. The van der Waals surface area contributed by atoms with E-state index in [-0.39, 0.29) is 0 Å². The first kappa shape index (κ1) is 13.5. The highest BCUT2D eigenvalue weighted by Crippen LogP contribution is 2.17. The lowest BCUT2D eigenvalue weighted by Crippen LogP contribution is -2.07. The molecule has 0 aliphatic heterocycles. The minimum absolute atomic E-state index is 0.568. The van der Waals surface area contributed by atoms with Crippen LogP contribution in [-0.4, -0.2) is 26.1 Å². The standard InChI is InChI=1S/C14H21N5/c1-5-15-12-9-11(8-10(2)3)17-13(18-12)14-16-6-7-19(14)4/h6-7,9-10H,5,8H2,1-4H3,(H,15,17,18). The van der Waals surface area contributed by atoms with Gasteiger partial charge in [0.2, 0.25) is 0 Å². The van der Waals surface area contributed by atoms with E-state index >= 15 is 0 Å². The van der Waals surface area contributed by atoms with Gasteiger partial charge in [0.05, 0.1) is 0 Å². The molecule has 0 aliphatic rings. The minimum Gasteiger partial charge on any atom is -0.370 e. The van der Waals surface area contributed by atoms with Crippen molar-refractivity contribution in [3.05, 3.63) is 24.2 Å². The van der Waals surface area contributed by atoms with Crippen molar-refractivity contribution in [2.45, 2.75) is 27.2 Å². The summed E-state index contributed by atoms with van der Waals surface area (Å²) in [6.45, 7) is 7.29. The maximum absolute atomic E-state index is 4.62. The SMILES string of the molecule is CCNc1cc(CC(C)C)nc(-c2nccn2C)n1. The Morgan fingerprint density at radius 2 is 2.11 bits per heavy atom. The maximum atomic E-state index is 4.62. The first-order valence-electron chi connectivity index (χ1n) is 6.69. The molecular weight excluding hydrogens is 238 g/mol. The van der Waals surface area contributed by atoms with Gasteiger partial charge in [-0.15, -0.1) is 0 Å². The van der Waals surface area contributed by atoms with Crippen LogP contribution < -0.4 is 5.32 Å². The number of nitrogens with one attached hydrogen (secondary N) is 1.